The molecule has 2 aromatic rings. The van der Waals surface area contributed by atoms with Crippen LogP contribution in [0.4, 0.5) is 0 Å². The van der Waals surface area contributed by atoms with Crippen molar-refractivity contribution in [2.24, 2.45) is 0 Å². The first-order valence-electron chi connectivity index (χ1n) is 9.90. The molecule has 5 heteroatoms. The van der Waals surface area contributed by atoms with Gasteiger partial charge in [0.1, 0.15) is 0 Å². The van der Waals surface area contributed by atoms with Gasteiger partial charge in [-0.1, -0.05) is 48.5 Å². The maximum absolute atomic E-state index is 13.0. The molecular formula is C23H29N3O2. The van der Waals surface area contributed by atoms with E-state index in [2.05, 4.69) is 17.3 Å². The third-order valence-electron chi connectivity index (χ3n) is 5.43. The summed E-state index contributed by atoms with van der Waals surface area (Å²) >= 11 is 0. The van der Waals surface area contributed by atoms with Crippen LogP contribution >= 0.6 is 0 Å². The first-order valence-corrected chi connectivity index (χ1v) is 9.90. The van der Waals surface area contributed by atoms with Gasteiger partial charge >= 0.3 is 0 Å². The number of nitrogens with one attached hydrogen (secondary N) is 1. The summed E-state index contributed by atoms with van der Waals surface area (Å²) in [6.07, 6.45) is 1.92. The zero-order valence-electron chi connectivity index (χ0n) is 16.7. The fraction of sp³-hybridized carbons (Fsp3) is 0.391. The van der Waals surface area contributed by atoms with Crippen molar-refractivity contribution >= 4 is 11.8 Å². The summed E-state index contributed by atoms with van der Waals surface area (Å²) in [6, 6.07) is 17.7. The van der Waals surface area contributed by atoms with Crippen molar-refractivity contribution in [3.63, 3.8) is 0 Å². The predicted octanol–water partition coefficient (Wildman–Crippen LogP) is 2.85. The molecule has 0 atom stereocenters. The molecule has 0 saturated carbocycles. The Morgan fingerprint density at radius 3 is 2.36 bits per heavy atom. The van der Waals surface area contributed by atoms with E-state index in [0.29, 0.717) is 12.1 Å². The summed E-state index contributed by atoms with van der Waals surface area (Å²) in [5, 5.41) is 2.81. The summed E-state index contributed by atoms with van der Waals surface area (Å²) in [4.78, 5) is 29.8. The molecule has 1 aliphatic rings. The Kier molecular flexibility index (Phi) is 6.82. The van der Waals surface area contributed by atoms with Gasteiger partial charge in [0.2, 0.25) is 5.91 Å². The van der Waals surface area contributed by atoms with E-state index in [9.17, 15) is 9.59 Å². The van der Waals surface area contributed by atoms with Crippen LogP contribution < -0.4 is 5.32 Å². The minimum atomic E-state index is -0.200. The molecule has 3 rings (SSSR count). The molecule has 28 heavy (non-hydrogen) atoms. The van der Waals surface area contributed by atoms with E-state index in [-0.39, 0.29) is 24.4 Å². The van der Waals surface area contributed by atoms with Crippen molar-refractivity contribution in [1.82, 2.24) is 15.1 Å². The number of aryl methyl sites for hydroxylation is 1. The minimum absolute atomic E-state index is 0.0202. The summed E-state index contributed by atoms with van der Waals surface area (Å²) in [5.74, 6) is -0.227. The number of benzene rings is 2. The molecule has 0 aromatic heterocycles. The topological polar surface area (TPSA) is 52.7 Å². The SMILES string of the molecule is Cc1ccccc1C(=O)NCC(=O)N(Cc1ccccc1)C1CCN(C)CC1. The second kappa shape index (κ2) is 9.51. The van der Waals surface area contributed by atoms with Gasteiger partial charge in [-0.25, -0.2) is 0 Å². The highest BCUT2D eigenvalue weighted by Crippen LogP contribution is 2.18. The Balaban J connectivity index is 1.67. The predicted molar refractivity (Wildman–Crippen MR) is 111 cm³/mol. The Bertz CT molecular complexity index is 799. The molecule has 148 valence electrons. The number of amides is 2. The monoisotopic (exact) mass is 379 g/mol. The first-order chi connectivity index (χ1) is 13.5. The number of rotatable bonds is 6. The average molecular weight is 380 g/mol. The second-order valence-corrected chi connectivity index (χ2v) is 7.54. The number of likely N-dealkylation sites (tertiary alicyclic amines) is 1. The Labute approximate surface area is 167 Å². The molecule has 1 fully saturated rings. The van der Waals surface area contributed by atoms with Crippen molar-refractivity contribution in [1.29, 1.82) is 0 Å². The van der Waals surface area contributed by atoms with Gasteiger partial charge in [-0.3, -0.25) is 9.59 Å². The van der Waals surface area contributed by atoms with Gasteiger partial charge in [-0.15, -0.1) is 0 Å². The lowest BCUT2D eigenvalue weighted by Gasteiger charge is -2.37. The molecule has 0 aliphatic carbocycles. The number of hydrogen-bond acceptors (Lipinski definition) is 3. The molecule has 5 nitrogen and oxygen atoms in total. The zero-order chi connectivity index (χ0) is 19.9. The summed E-state index contributed by atoms with van der Waals surface area (Å²) < 4.78 is 0. The molecule has 0 unspecified atom stereocenters. The van der Waals surface area contributed by atoms with Crippen LogP contribution in [-0.4, -0.2) is 54.3 Å². The van der Waals surface area contributed by atoms with E-state index < -0.39 is 0 Å². The van der Waals surface area contributed by atoms with Crippen LogP contribution in [0.5, 0.6) is 0 Å². The molecule has 1 aliphatic heterocycles. The van der Waals surface area contributed by atoms with Crippen LogP contribution in [0.1, 0.15) is 34.3 Å². The maximum Gasteiger partial charge on any atom is 0.251 e. The lowest BCUT2D eigenvalue weighted by molar-refractivity contribution is -0.134. The van der Waals surface area contributed by atoms with Crippen LogP contribution in [0, 0.1) is 6.92 Å². The van der Waals surface area contributed by atoms with E-state index in [1.54, 1.807) is 6.07 Å². The average Bonchev–Trinajstić information content (AvgIpc) is 2.72. The fourth-order valence-electron chi connectivity index (χ4n) is 3.69. The van der Waals surface area contributed by atoms with Gasteiger partial charge in [-0.05, 0) is 57.1 Å². The number of carbonyl (C=O) groups is 2. The number of nitrogens with zero attached hydrogens (tertiary/aromatic N) is 2. The molecule has 1 N–H and O–H groups in total. The molecule has 0 bridgehead atoms. The van der Waals surface area contributed by atoms with Crippen molar-refractivity contribution in [2.45, 2.75) is 32.4 Å². The van der Waals surface area contributed by atoms with Crippen molar-refractivity contribution in [3.8, 4) is 0 Å². The molecule has 2 amide bonds. The Morgan fingerprint density at radius 2 is 1.68 bits per heavy atom. The number of piperidine rings is 1. The van der Waals surface area contributed by atoms with E-state index in [1.165, 1.54) is 0 Å². The Morgan fingerprint density at radius 1 is 1.04 bits per heavy atom. The highest BCUT2D eigenvalue weighted by molar-refractivity contribution is 5.97. The highest BCUT2D eigenvalue weighted by Gasteiger charge is 2.27. The summed E-state index contributed by atoms with van der Waals surface area (Å²) in [7, 11) is 2.11. The molecule has 2 aromatic carbocycles. The molecule has 1 saturated heterocycles. The quantitative estimate of drug-likeness (QED) is 0.840. The summed E-state index contributed by atoms with van der Waals surface area (Å²) in [5.41, 5.74) is 2.63. The van der Waals surface area contributed by atoms with Crippen molar-refractivity contribution < 1.29 is 9.59 Å². The van der Waals surface area contributed by atoms with Crippen molar-refractivity contribution in [2.75, 3.05) is 26.7 Å². The second-order valence-electron chi connectivity index (χ2n) is 7.54. The van der Waals surface area contributed by atoms with Gasteiger partial charge in [0.05, 0.1) is 6.54 Å². The molecule has 0 radical (unpaired) electrons. The van der Waals surface area contributed by atoms with E-state index in [1.807, 2.05) is 60.4 Å². The van der Waals surface area contributed by atoms with Gasteiger partial charge < -0.3 is 15.1 Å². The third-order valence-corrected chi connectivity index (χ3v) is 5.43. The fourth-order valence-corrected chi connectivity index (χ4v) is 3.69. The zero-order valence-corrected chi connectivity index (χ0v) is 16.7. The van der Waals surface area contributed by atoms with Crippen LogP contribution in [-0.2, 0) is 11.3 Å². The standard InChI is InChI=1S/C23H29N3O2/c1-18-8-6-7-11-21(18)23(28)24-16-22(27)26(17-19-9-4-3-5-10-19)20-12-14-25(2)15-13-20/h3-11,20H,12-17H2,1-2H3,(H,24,28). The van der Waals surface area contributed by atoms with Gasteiger partial charge in [0, 0.05) is 18.2 Å². The normalized spacial score (nSPS) is 15.2. The smallest absolute Gasteiger partial charge is 0.251 e. The Hall–Kier alpha value is -2.66. The lowest BCUT2D eigenvalue weighted by atomic mass is 10.0. The third kappa shape index (κ3) is 5.20. The lowest BCUT2D eigenvalue weighted by Crippen LogP contribution is -2.49. The number of carbonyl (C=O) groups excluding carboxylic acids is 2. The first kappa shape index (κ1) is 20.1. The molecular weight excluding hydrogens is 350 g/mol. The van der Waals surface area contributed by atoms with E-state index in [0.717, 1.165) is 37.1 Å². The largest absolute Gasteiger partial charge is 0.343 e. The van der Waals surface area contributed by atoms with Crippen LogP contribution in [0.15, 0.2) is 54.6 Å². The van der Waals surface area contributed by atoms with Crippen LogP contribution in [0.3, 0.4) is 0 Å². The van der Waals surface area contributed by atoms with Crippen LogP contribution in [0.25, 0.3) is 0 Å². The molecule has 1 heterocycles. The van der Waals surface area contributed by atoms with Gasteiger partial charge in [-0.2, -0.15) is 0 Å². The molecule has 0 spiro atoms. The van der Waals surface area contributed by atoms with Crippen molar-refractivity contribution in [3.05, 3.63) is 71.3 Å². The minimum Gasteiger partial charge on any atom is -0.343 e. The van der Waals surface area contributed by atoms with Gasteiger partial charge in [0.25, 0.3) is 5.91 Å². The van der Waals surface area contributed by atoms with Gasteiger partial charge in [0.15, 0.2) is 0 Å². The van der Waals surface area contributed by atoms with E-state index >= 15 is 0 Å². The highest BCUT2D eigenvalue weighted by atomic mass is 16.2. The number of hydrogen-bond donors (Lipinski definition) is 1. The van der Waals surface area contributed by atoms with E-state index in [4.69, 9.17) is 0 Å². The summed E-state index contributed by atoms with van der Waals surface area (Å²) in [6.45, 7) is 4.47. The van der Waals surface area contributed by atoms with Crippen LogP contribution in [0.2, 0.25) is 0 Å². The maximum atomic E-state index is 13.0.